The van der Waals surface area contributed by atoms with E-state index in [2.05, 4.69) is 76.2 Å². The molecule has 0 spiro atoms. The van der Waals surface area contributed by atoms with Crippen LogP contribution in [0.15, 0.2) is 48.5 Å². The summed E-state index contributed by atoms with van der Waals surface area (Å²) in [5.41, 5.74) is 0.566. The fourth-order valence-corrected chi connectivity index (χ4v) is 7.84. The molecule has 512 valence electrons. The molecule has 0 heterocycles. The molecule has 2 aromatic carbocycles. The van der Waals surface area contributed by atoms with Crippen LogP contribution in [0.5, 0.6) is 11.5 Å². The molecular weight excluding hydrogens is 1110 g/mol. The first-order chi connectivity index (χ1) is 40.8. The fraction of sp³-hybridized carbons (Fsp3) is 0.784. The Balaban J connectivity index is 0. The van der Waals surface area contributed by atoms with E-state index in [9.17, 15) is 19.2 Å². The third-order valence-electron chi connectivity index (χ3n) is 16.2. The molecule has 0 bridgehead atoms. The molecule has 0 amide bonds. The zero-order chi connectivity index (χ0) is 68.0. The molecule has 2 aromatic rings. The fourth-order valence-electron chi connectivity index (χ4n) is 7.84. The van der Waals surface area contributed by atoms with Gasteiger partial charge in [-0.1, -0.05) is 118 Å². The molecule has 2 aliphatic rings. The minimum Gasteiger partial charge on any atom is -0.465 e. The molecule has 14 heteroatoms. The van der Waals surface area contributed by atoms with Crippen LogP contribution in [0.3, 0.4) is 0 Å². The lowest BCUT2D eigenvalue weighted by Crippen LogP contribution is -2.33. The number of carbonyl (C=O) groups is 4. The number of esters is 4. The summed E-state index contributed by atoms with van der Waals surface area (Å²) in [5, 5.41) is 0. The Morgan fingerprint density at radius 3 is 0.886 bits per heavy atom. The summed E-state index contributed by atoms with van der Waals surface area (Å²) in [6.45, 7) is 48.9. The second-order valence-electron chi connectivity index (χ2n) is 28.1. The molecular formula is C74H132O14. The van der Waals surface area contributed by atoms with E-state index in [4.69, 9.17) is 47.4 Å². The molecule has 2 fully saturated rings. The Morgan fingerprint density at radius 2 is 0.659 bits per heavy atom. The predicted molar refractivity (Wildman–Crippen MR) is 360 cm³/mol. The lowest BCUT2D eigenvalue weighted by atomic mass is 9.90. The molecule has 14 nitrogen and oxygen atoms in total. The number of methoxy groups -OCH3 is 2. The van der Waals surface area contributed by atoms with Crippen molar-refractivity contribution >= 4 is 23.9 Å². The van der Waals surface area contributed by atoms with Gasteiger partial charge in [0, 0.05) is 14.2 Å². The van der Waals surface area contributed by atoms with Gasteiger partial charge in [0.2, 0.25) is 0 Å². The first-order valence-corrected chi connectivity index (χ1v) is 33.5. The summed E-state index contributed by atoms with van der Waals surface area (Å²) in [5.74, 6) is 2.50. The maximum atomic E-state index is 11.5. The summed E-state index contributed by atoms with van der Waals surface area (Å²) in [6.07, 6.45) is 18.6. The standard InChI is InChI=1S/2C18H28O2.2C10H20O2.2C9H18O3/c2*1-4-14(2)16-10-12-18(13-11-16)20-15(3)19-17-8-6-5-7-9-17;2*1-7-10(5,6)8(11)12-9(2,3)4;2*1-5-9(2,3)8(10)12-7-6-11-4/h2*10-15,17H,4-9H2,1-3H3;2*7H2,1-6H3;2*5-7H2,1-4H3. The van der Waals surface area contributed by atoms with Gasteiger partial charge in [-0.05, 0) is 222 Å². The van der Waals surface area contributed by atoms with Gasteiger partial charge in [0.25, 0.3) is 0 Å². The quantitative estimate of drug-likeness (QED) is 0.0379. The summed E-state index contributed by atoms with van der Waals surface area (Å²) in [7, 11) is 3.16. The zero-order valence-electron chi connectivity index (χ0n) is 60.9. The van der Waals surface area contributed by atoms with Gasteiger partial charge >= 0.3 is 23.9 Å². The third-order valence-corrected chi connectivity index (χ3v) is 16.2. The maximum Gasteiger partial charge on any atom is 0.312 e. The van der Waals surface area contributed by atoms with E-state index in [1.807, 2.05) is 138 Å². The Kier molecular flexibility index (Phi) is 43.2. The molecule has 0 aromatic heterocycles. The number of benzene rings is 2. The van der Waals surface area contributed by atoms with Crippen molar-refractivity contribution in [1.82, 2.24) is 0 Å². The van der Waals surface area contributed by atoms with Crippen molar-refractivity contribution in [2.24, 2.45) is 21.7 Å². The van der Waals surface area contributed by atoms with E-state index < -0.39 is 0 Å². The Bertz CT molecular complexity index is 1970. The van der Waals surface area contributed by atoms with E-state index in [1.54, 1.807) is 14.2 Å². The van der Waals surface area contributed by atoms with Crippen LogP contribution in [-0.4, -0.2) is 101 Å². The summed E-state index contributed by atoms with van der Waals surface area (Å²) in [4.78, 5) is 45.6. The first kappa shape index (κ1) is 85.8. The van der Waals surface area contributed by atoms with Crippen LogP contribution in [-0.2, 0) is 57.1 Å². The predicted octanol–water partition coefficient (Wildman–Crippen LogP) is 19.3. The highest BCUT2D eigenvalue weighted by Crippen LogP contribution is 2.29. The van der Waals surface area contributed by atoms with E-state index in [1.165, 1.54) is 88.2 Å². The molecule has 2 saturated carbocycles. The lowest BCUT2D eigenvalue weighted by Gasteiger charge is -2.27. The van der Waals surface area contributed by atoms with Gasteiger partial charge in [-0.3, -0.25) is 19.2 Å². The van der Waals surface area contributed by atoms with E-state index in [0.29, 0.717) is 50.5 Å². The Hall–Kier alpha value is -4.24. The minimum atomic E-state index is -0.372. The number of hydrogen-bond donors (Lipinski definition) is 0. The average Bonchev–Trinajstić information content (AvgIpc) is 3.56. The summed E-state index contributed by atoms with van der Waals surface area (Å²) < 4.78 is 53.6. The number of hydrogen-bond acceptors (Lipinski definition) is 14. The maximum absolute atomic E-state index is 11.5. The van der Waals surface area contributed by atoms with Crippen LogP contribution >= 0.6 is 0 Å². The Labute approximate surface area is 538 Å². The minimum absolute atomic E-state index is 0.113. The van der Waals surface area contributed by atoms with Gasteiger partial charge in [-0.2, -0.15) is 0 Å². The molecule has 4 atom stereocenters. The van der Waals surface area contributed by atoms with Crippen LogP contribution < -0.4 is 9.47 Å². The van der Waals surface area contributed by atoms with E-state index >= 15 is 0 Å². The summed E-state index contributed by atoms with van der Waals surface area (Å²) in [6, 6.07) is 16.9. The van der Waals surface area contributed by atoms with Crippen LogP contribution in [0.1, 0.15) is 292 Å². The SMILES string of the molecule is CCC(C)(C)C(=O)OC(C)(C)C.CCC(C)(C)C(=O)OC(C)(C)C.CCC(C)(C)C(=O)OCCOC.CCC(C)(C)C(=O)OCCOC.CCC(C)c1ccc(OC(C)OC2CCCCC2)cc1.CCC(C)c1ccc(OC(C)OC2CCCCC2)cc1. The molecule has 88 heavy (non-hydrogen) atoms. The van der Waals surface area contributed by atoms with Crippen molar-refractivity contribution in [3.05, 3.63) is 59.7 Å². The molecule has 4 rings (SSSR count). The monoisotopic (exact) mass is 1240 g/mol. The normalized spacial score (nSPS) is 15.5. The lowest BCUT2D eigenvalue weighted by molar-refractivity contribution is -0.166. The van der Waals surface area contributed by atoms with Gasteiger partial charge in [-0.25, -0.2) is 0 Å². The molecule has 0 radical (unpaired) electrons. The first-order valence-electron chi connectivity index (χ1n) is 33.5. The van der Waals surface area contributed by atoms with E-state index in [0.717, 1.165) is 37.2 Å². The van der Waals surface area contributed by atoms with Gasteiger partial charge in [0.05, 0.1) is 47.1 Å². The zero-order valence-corrected chi connectivity index (χ0v) is 60.9. The number of ether oxygens (including phenoxy) is 10. The summed E-state index contributed by atoms with van der Waals surface area (Å²) >= 11 is 0. The molecule has 4 unspecified atom stereocenters. The van der Waals surface area contributed by atoms with Gasteiger partial charge in [0.15, 0.2) is 12.6 Å². The molecule has 0 aliphatic heterocycles. The van der Waals surface area contributed by atoms with Crippen molar-refractivity contribution in [2.75, 3.05) is 40.6 Å². The number of rotatable bonds is 26. The van der Waals surface area contributed by atoms with Crippen molar-refractivity contribution in [3.8, 4) is 11.5 Å². The van der Waals surface area contributed by atoms with Crippen LogP contribution in [0, 0.1) is 21.7 Å². The smallest absolute Gasteiger partial charge is 0.312 e. The van der Waals surface area contributed by atoms with Crippen molar-refractivity contribution in [1.29, 1.82) is 0 Å². The van der Waals surface area contributed by atoms with Crippen molar-refractivity contribution < 1.29 is 66.5 Å². The van der Waals surface area contributed by atoms with E-state index in [-0.39, 0.29) is 69.3 Å². The van der Waals surface area contributed by atoms with Gasteiger partial charge in [0.1, 0.15) is 35.9 Å². The van der Waals surface area contributed by atoms with Crippen LogP contribution in [0.4, 0.5) is 0 Å². The highest BCUT2D eigenvalue weighted by molar-refractivity contribution is 5.77. The van der Waals surface area contributed by atoms with Crippen LogP contribution in [0.2, 0.25) is 0 Å². The Morgan fingerprint density at radius 1 is 0.398 bits per heavy atom. The van der Waals surface area contributed by atoms with Crippen molar-refractivity contribution in [2.45, 2.75) is 317 Å². The average molecular weight is 1250 g/mol. The molecule has 0 saturated heterocycles. The second-order valence-corrected chi connectivity index (χ2v) is 28.1. The topological polar surface area (TPSA) is 161 Å². The third kappa shape index (κ3) is 39.8. The van der Waals surface area contributed by atoms with Gasteiger partial charge < -0.3 is 47.4 Å². The highest BCUT2D eigenvalue weighted by Gasteiger charge is 2.32. The number of carbonyl (C=O) groups excluding carboxylic acids is 4. The second kappa shape index (κ2) is 44.3. The largest absolute Gasteiger partial charge is 0.465 e. The molecule has 0 N–H and O–H groups in total. The van der Waals surface area contributed by atoms with Crippen LogP contribution in [0.25, 0.3) is 0 Å². The molecule has 2 aliphatic carbocycles. The van der Waals surface area contributed by atoms with Crippen molar-refractivity contribution in [3.63, 3.8) is 0 Å². The van der Waals surface area contributed by atoms with Gasteiger partial charge in [-0.15, -0.1) is 0 Å². The highest BCUT2D eigenvalue weighted by atomic mass is 16.7.